The van der Waals surface area contributed by atoms with E-state index in [1.54, 1.807) is 7.05 Å². The van der Waals surface area contributed by atoms with Gasteiger partial charge in [-0.3, -0.25) is 14.5 Å². The Balaban J connectivity index is 2.11. The van der Waals surface area contributed by atoms with Crippen molar-refractivity contribution >= 4 is 23.5 Å². The largest absolute Gasteiger partial charge is 0.480 e. The number of amides is 1. The summed E-state index contributed by atoms with van der Waals surface area (Å²) in [5.74, 6) is -1.97. The number of carbonyl (C=O) groups excluding carboxylic acids is 1. The van der Waals surface area contributed by atoms with Crippen molar-refractivity contribution in [3.05, 3.63) is 34.6 Å². The average Bonchev–Trinajstić information content (AvgIpc) is 2.79. The lowest BCUT2D eigenvalue weighted by atomic mass is 10.2. The SMILES string of the molecule is CN(CC(=O)O)[C@@H]1CN(C(=O)c2ccc(F)cc2Cl)C[C@H]1O. The fraction of sp³-hybridized carbons (Fsp3) is 0.429. The van der Waals surface area contributed by atoms with Crippen molar-refractivity contribution < 1.29 is 24.2 Å². The fourth-order valence-electron chi connectivity index (χ4n) is 2.53. The topological polar surface area (TPSA) is 81.1 Å². The summed E-state index contributed by atoms with van der Waals surface area (Å²) < 4.78 is 13.0. The lowest BCUT2D eigenvalue weighted by Crippen LogP contribution is -2.43. The molecule has 1 aromatic carbocycles. The van der Waals surface area contributed by atoms with E-state index in [0.29, 0.717) is 0 Å². The summed E-state index contributed by atoms with van der Waals surface area (Å²) in [6.45, 7) is 0.0136. The van der Waals surface area contributed by atoms with E-state index in [2.05, 4.69) is 0 Å². The molecule has 2 atom stereocenters. The van der Waals surface area contributed by atoms with Gasteiger partial charge in [0.05, 0.1) is 29.3 Å². The molecule has 1 aliphatic rings. The minimum Gasteiger partial charge on any atom is -0.480 e. The van der Waals surface area contributed by atoms with Gasteiger partial charge in [-0.1, -0.05) is 11.6 Å². The van der Waals surface area contributed by atoms with E-state index >= 15 is 0 Å². The summed E-state index contributed by atoms with van der Waals surface area (Å²) in [6.07, 6.45) is -0.854. The van der Waals surface area contributed by atoms with Gasteiger partial charge >= 0.3 is 5.97 Å². The van der Waals surface area contributed by atoms with Crippen LogP contribution < -0.4 is 0 Å². The Kier molecular flexibility index (Phi) is 5.00. The molecular weight excluding hydrogens is 315 g/mol. The zero-order valence-electron chi connectivity index (χ0n) is 11.9. The van der Waals surface area contributed by atoms with E-state index in [1.165, 1.54) is 15.9 Å². The highest BCUT2D eigenvalue weighted by atomic mass is 35.5. The third-order valence-corrected chi connectivity index (χ3v) is 3.97. The summed E-state index contributed by atoms with van der Waals surface area (Å²) in [4.78, 5) is 26.0. The monoisotopic (exact) mass is 330 g/mol. The van der Waals surface area contributed by atoms with Gasteiger partial charge in [-0.2, -0.15) is 0 Å². The fourth-order valence-corrected chi connectivity index (χ4v) is 2.78. The van der Waals surface area contributed by atoms with Crippen LogP contribution >= 0.6 is 11.6 Å². The summed E-state index contributed by atoms with van der Waals surface area (Å²) in [5, 5.41) is 18.8. The molecule has 1 saturated heterocycles. The number of hydrogen-bond donors (Lipinski definition) is 2. The Hall–Kier alpha value is -1.70. The molecule has 6 nitrogen and oxygen atoms in total. The van der Waals surface area contributed by atoms with Crippen molar-refractivity contribution in [2.75, 3.05) is 26.7 Å². The van der Waals surface area contributed by atoms with Crippen LogP contribution in [0.4, 0.5) is 4.39 Å². The quantitative estimate of drug-likeness (QED) is 0.848. The van der Waals surface area contributed by atoms with Crippen LogP contribution in [0.5, 0.6) is 0 Å². The number of rotatable bonds is 4. The smallest absolute Gasteiger partial charge is 0.317 e. The molecule has 1 aromatic rings. The van der Waals surface area contributed by atoms with Crippen molar-refractivity contribution in [1.82, 2.24) is 9.80 Å². The summed E-state index contributed by atoms with van der Waals surface area (Å²) in [6, 6.07) is 3.01. The predicted molar refractivity (Wildman–Crippen MR) is 77.4 cm³/mol. The lowest BCUT2D eigenvalue weighted by molar-refractivity contribution is -0.138. The zero-order chi connectivity index (χ0) is 16.4. The van der Waals surface area contributed by atoms with Crippen molar-refractivity contribution in [3.8, 4) is 0 Å². The Morgan fingerprint density at radius 2 is 2.14 bits per heavy atom. The third kappa shape index (κ3) is 3.55. The molecule has 22 heavy (non-hydrogen) atoms. The van der Waals surface area contributed by atoms with Gasteiger partial charge in [0.25, 0.3) is 5.91 Å². The highest BCUT2D eigenvalue weighted by Gasteiger charge is 2.37. The number of aliphatic hydroxyl groups excluding tert-OH is 1. The molecule has 1 fully saturated rings. The number of benzene rings is 1. The van der Waals surface area contributed by atoms with Crippen LogP contribution in [-0.4, -0.2) is 70.7 Å². The predicted octanol–water partition coefficient (Wildman–Crippen LogP) is 0.681. The van der Waals surface area contributed by atoms with E-state index in [9.17, 15) is 19.1 Å². The summed E-state index contributed by atoms with van der Waals surface area (Å²) in [5.41, 5.74) is 0.150. The first-order valence-electron chi connectivity index (χ1n) is 6.64. The van der Waals surface area contributed by atoms with E-state index in [1.807, 2.05) is 0 Å². The van der Waals surface area contributed by atoms with Gasteiger partial charge in [0, 0.05) is 13.1 Å². The first-order valence-corrected chi connectivity index (χ1v) is 7.02. The van der Waals surface area contributed by atoms with Crippen LogP contribution in [0.1, 0.15) is 10.4 Å². The minimum absolute atomic E-state index is 0.00169. The van der Waals surface area contributed by atoms with Crippen molar-refractivity contribution in [2.45, 2.75) is 12.1 Å². The molecule has 0 aromatic heterocycles. The average molecular weight is 331 g/mol. The van der Waals surface area contributed by atoms with Crippen LogP contribution in [0.25, 0.3) is 0 Å². The molecule has 2 N–H and O–H groups in total. The second kappa shape index (κ2) is 6.60. The number of carboxylic acid groups (broad SMARTS) is 1. The number of likely N-dealkylation sites (N-methyl/N-ethyl adjacent to an activating group) is 1. The summed E-state index contributed by atoms with van der Waals surface area (Å²) >= 11 is 5.87. The molecule has 0 bridgehead atoms. The van der Waals surface area contributed by atoms with Crippen LogP contribution in [0, 0.1) is 5.82 Å². The van der Waals surface area contributed by atoms with Crippen LogP contribution in [0.2, 0.25) is 5.02 Å². The molecule has 0 aliphatic carbocycles. The second-order valence-corrected chi connectivity index (χ2v) is 5.69. The number of β-amino-alcohol motifs (C(OH)–C–C–N with tert-alkyl or cyclic N) is 1. The molecule has 0 saturated carbocycles. The minimum atomic E-state index is -1.01. The number of nitrogens with zero attached hydrogens (tertiary/aromatic N) is 2. The maximum atomic E-state index is 13.0. The third-order valence-electron chi connectivity index (χ3n) is 3.66. The number of carbonyl (C=O) groups is 2. The molecule has 2 rings (SSSR count). The lowest BCUT2D eigenvalue weighted by Gasteiger charge is -2.24. The zero-order valence-corrected chi connectivity index (χ0v) is 12.6. The Morgan fingerprint density at radius 1 is 1.45 bits per heavy atom. The molecule has 120 valence electrons. The highest BCUT2D eigenvalue weighted by molar-refractivity contribution is 6.33. The van der Waals surface area contributed by atoms with Crippen LogP contribution in [-0.2, 0) is 4.79 Å². The van der Waals surface area contributed by atoms with Crippen LogP contribution in [0.3, 0.4) is 0 Å². The Bertz CT molecular complexity index is 598. The van der Waals surface area contributed by atoms with Crippen LogP contribution in [0.15, 0.2) is 18.2 Å². The Morgan fingerprint density at radius 3 is 2.73 bits per heavy atom. The maximum Gasteiger partial charge on any atom is 0.317 e. The van der Waals surface area contributed by atoms with E-state index in [4.69, 9.17) is 16.7 Å². The Labute approximate surface area is 131 Å². The maximum absolute atomic E-state index is 13.0. The van der Waals surface area contributed by atoms with Gasteiger partial charge in [-0.15, -0.1) is 0 Å². The normalized spacial score (nSPS) is 21.4. The summed E-state index contributed by atoms with van der Waals surface area (Å²) in [7, 11) is 1.57. The van der Waals surface area contributed by atoms with Gasteiger partial charge in [0.15, 0.2) is 0 Å². The highest BCUT2D eigenvalue weighted by Crippen LogP contribution is 2.23. The van der Waals surface area contributed by atoms with E-state index in [-0.39, 0.29) is 30.2 Å². The molecule has 1 aliphatic heterocycles. The molecule has 0 unspecified atom stereocenters. The van der Waals surface area contributed by atoms with Gasteiger partial charge in [0.2, 0.25) is 0 Å². The molecular formula is C14H16ClFN2O4. The number of carboxylic acids is 1. The van der Waals surface area contributed by atoms with Gasteiger partial charge in [-0.05, 0) is 25.2 Å². The molecule has 8 heteroatoms. The van der Waals surface area contributed by atoms with Crippen molar-refractivity contribution in [3.63, 3.8) is 0 Å². The van der Waals surface area contributed by atoms with E-state index in [0.717, 1.165) is 12.1 Å². The number of halogens is 2. The number of aliphatic hydroxyl groups is 1. The van der Waals surface area contributed by atoms with Crippen molar-refractivity contribution in [1.29, 1.82) is 0 Å². The van der Waals surface area contributed by atoms with E-state index < -0.39 is 29.8 Å². The number of hydrogen-bond acceptors (Lipinski definition) is 4. The molecule has 0 spiro atoms. The number of aliphatic carboxylic acids is 1. The number of likely N-dealkylation sites (tertiary alicyclic amines) is 1. The first-order chi connectivity index (χ1) is 10.3. The molecule has 0 radical (unpaired) electrons. The van der Waals surface area contributed by atoms with Gasteiger partial charge in [0.1, 0.15) is 5.82 Å². The molecule has 1 amide bonds. The van der Waals surface area contributed by atoms with Gasteiger partial charge < -0.3 is 15.1 Å². The second-order valence-electron chi connectivity index (χ2n) is 5.28. The molecule has 1 heterocycles. The van der Waals surface area contributed by atoms with Gasteiger partial charge in [-0.25, -0.2) is 4.39 Å². The van der Waals surface area contributed by atoms with Crippen molar-refractivity contribution in [2.24, 2.45) is 0 Å². The standard InChI is InChI=1S/C14H16ClFN2O4/c1-17(7-13(20)21)11-5-18(6-12(11)19)14(22)9-3-2-8(16)4-10(9)15/h2-4,11-12,19H,5-7H2,1H3,(H,20,21)/t11-,12-/m1/s1. The first kappa shape index (κ1) is 16.7.